The Morgan fingerprint density at radius 1 is 1.27 bits per heavy atom. The van der Waals surface area contributed by atoms with Crippen molar-refractivity contribution in [1.29, 1.82) is 0 Å². The summed E-state index contributed by atoms with van der Waals surface area (Å²) in [4.78, 5) is 12.5. The molecule has 0 N–H and O–H groups in total. The van der Waals surface area contributed by atoms with Gasteiger partial charge in [0.2, 0.25) is 5.78 Å². The van der Waals surface area contributed by atoms with Crippen LogP contribution in [-0.4, -0.2) is 36.9 Å². The van der Waals surface area contributed by atoms with Gasteiger partial charge in [-0.15, -0.1) is 0 Å². The number of aryl methyl sites for hydroxylation is 1. The Kier molecular flexibility index (Phi) is 4.88. The van der Waals surface area contributed by atoms with Crippen LogP contribution in [0.4, 0.5) is 8.78 Å². The number of ether oxygens (including phenoxy) is 1. The van der Waals surface area contributed by atoms with Crippen LogP contribution in [0.5, 0.6) is 5.75 Å². The van der Waals surface area contributed by atoms with Crippen LogP contribution >= 0.6 is 0 Å². The summed E-state index contributed by atoms with van der Waals surface area (Å²) in [6.45, 7) is 3.18. The van der Waals surface area contributed by atoms with Crippen LogP contribution in [0.25, 0.3) is 0 Å². The molecule has 1 aliphatic rings. The highest BCUT2D eigenvalue weighted by molar-refractivity contribution is 7.91. The van der Waals surface area contributed by atoms with E-state index in [9.17, 15) is 22.0 Å². The largest absolute Gasteiger partial charge is 0.482 e. The summed E-state index contributed by atoms with van der Waals surface area (Å²) in [6.07, 6.45) is 0.517. The second kappa shape index (κ2) is 6.83. The minimum atomic E-state index is -3.05. The van der Waals surface area contributed by atoms with E-state index < -0.39 is 28.1 Å². The van der Waals surface area contributed by atoms with Crippen molar-refractivity contribution in [2.75, 3.05) is 18.1 Å². The van der Waals surface area contributed by atoms with Crippen LogP contribution < -0.4 is 4.74 Å². The summed E-state index contributed by atoms with van der Waals surface area (Å²) in [5.74, 6) is -1.95. The lowest BCUT2D eigenvalue weighted by molar-refractivity contribution is 0.0918. The van der Waals surface area contributed by atoms with Crippen molar-refractivity contribution in [3.05, 3.63) is 52.9 Å². The first-order valence-corrected chi connectivity index (χ1v) is 10.00. The highest BCUT2D eigenvalue weighted by atomic mass is 32.2. The molecule has 1 fully saturated rings. The number of sulfone groups is 1. The second-order valence-electron chi connectivity index (χ2n) is 6.50. The number of carbonyl (C=O) groups is 1. The van der Waals surface area contributed by atoms with Crippen molar-refractivity contribution in [2.45, 2.75) is 26.3 Å². The van der Waals surface area contributed by atoms with Crippen molar-refractivity contribution < 1.29 is 26.7 Å². The molecule has 5 nitrogen and oxygen atoms in total. The van der Waals surface area contributed by atoms with Crippen molar-refractivity contribution in [2.24, 2.45) is 0 Å². The van der Waals surface area contributed by atoms with E-state index in [-0.39, 0.29) is 29.1 Å². The van der Waals surface area contributed by atoms with Crippen molar-refractivity contribution in [3.8, 4) is 5.75 Å². The highest BCUT2D eigenvalue weighted by Gasteiger charge is 2.31. The van der Waals surface area contributed by atoms with Gasteiger partial charge >= 0.3 is 0 Å². The van der Waals surface area contributed by atoms with Crippen LogP contribution in [0.3, 0.4) is 0 Å². The topological polar surface area (TPSA) is 65.4 Å². The molecular formula is C18H19F2NO4S. The highest BCUT2D eigenvalue weighted by Crippen LogP contribution is 2.29. The van der Waals surface area contributed by atoms with Gasteiger partial charge in [-0.05, 0) is 38.5 Å². The third-order valence-electron chi connectivity index (χ3n) is 4.61. The summed E-state index contributed by atoms with van der Waals surface area (Å²) in [5, 5.41) is 0. The average Bonchev–Trinajstić information content (AvgIpc) is 3.05. The number of hydrogen-bond donors (Lipinski definition) is 0. The smallest absolute Gasteiger partial charge is 0.202 e. The molecule has 0 amide bonds. The first-order valence-electron chi connectivity index (χ1n) is 8.18. The molecule has 1 aromatic carbocycles. The molecule has 0 radical (unpaired) electrons. The predicted octanol–water partition coefficient (Wildman–Crippen LogP) is 3.00. The van der Waals surface area contributed by atoms with E-state index in [1.54, 1.807) is 13.0 Å². The molecule has 1 aliphatic heterocycles. The summed E-state index contributed by atoms with van der Waals surface area (Å²) < 4.78 is 57.0. The molecule has 0 bridgehead atoms. The number of Topliss-reactive ketones (excluding diaryl/α,β-unsaturated/α-hetero) is 1. The number of carbonyl (C=O) groups excluding carboxylic acids is 1. The first kappa shape index (κ1) is 18.6. The molecule has 3 rings (SSSR count). The minimum Gasteiger partial charge on any atom is -0.482 e. The fourth-order valence-corrected chi connectivity index (χ4v) is 5.11. The molecule has 1 saturated heterocycles. The Balaban J connectivity index is 1.77. The quantitative estimate of drug-likeness (QED) is 0.745. The molecule has 0 spiro atoms. The number of ketones is 1. The molecule has 26 heavy (non-hydrogen) atoms. The van der Waals surface area contributed by atoms with Gasteiger partial charge < -0.3 is 9.30 Å². The van der Waals surface area contributed by atoms with Gasteiger partial charge in [-0.25, -0.2) is 17.2 Å². The van der Waals surface area contributed by atoms with E-state index in [0.717, 1.165) is 17.8 Å². The van der Waals surface area contributed by atoms with Crippen LogP contribution in [0.15, 0.2) is 24.3 Å². The van der Waals surface area contributed by atoms with E-state index in [4.69, 9.17) is 4.74 Å². The molecule has 0 aliphatic carbocycles. The maximum Gasteiger partial charge on any atom is 0.202 e. The predicted molar refractivity (Wildman–Crippen MR) is 92.4 cm³/mol. The molecule has 140 valence electrons. The number of halogens is 2. The molecule has 0 saturated carbocycles. The molecule has 2 heterocycles. The van der Waals surface area contributed by atoms with E-state index in [0.29, 0.717) is 23.7 Å². The standard InChI is InChI=1S/C18H19F2NO4S/c1-11-7-15(12(2)21(11)14-5-6-26(23,24)10-14)17(22)9-25-18-4-3-13(19)8-16(18)20/h3-4,7-8,14H,5-6,9-10H2,1-2H3. The molecule has 8 heteroatoms. The molecule has 1 unspecified atom stereocenters. The third kappa shape index (κ3) is 3.65. The Labute approximate surface area is 150 Å². The van der Waals surface area contributed by atoms with Crippen molar-refractivity contribution in [3.63, 3.8) is 0 Å². The normalized spacial score (nSPS) is 18.8. The summed E-state index contributed by atoms with van der Waals surface area (Å²) in [6, 6.07) is 4.37. The zero-order valence-electron chi connectivity index (χ0n) is 14.5. The maximum atomic E-state index is 13.6. The van der Waals surface area contributed by atoms with Gasteiger partial charge in [0.25, 0.3) is 0 Å². The minimum absolute atomic E-state index is 0.0638. The summed E-state index contributed by atoms with van der Waals surface area (Å²) in [5.41, 5.74) is 1.87. The van der Waals surface area contributed by atoms with Gasteiger partial charge in [0, 0.05) is 29.1 Å². The number of aromatic nitrogens is 1. The molecule has 2 aromatic rings. The van der Waals surface area contributed by atoms with Crippen LogP contribution in [-0.2, 0) is 9.84 Å². The maximum absolute atomic E-state index is 13.6. The van der Waals surface area contributed by atoms with Gasteiger partial charge in [0.05, 0.1) is 11.5 Å². The Hall–Kier alpha value is -2.22. The van der Waals surface area contributed by atoms with Gasteiger partial charge in [-0.2, -0.15) is 0 Å². The zero-order valence-corrected chi connectivity index (χ0v) is 15.3. The van der Waals surface area contributed by atoms with Crippen LogP contribution in [0.2, 0.25) is 0 Å². The number of rotatable bonds is 5. The van der Waals surface area contributed by atoms with E-state index in [2.05, 4.69) is 0 Å². The fourth-order valence-electron chi connectivity index (χ4n) is 3.41. The Bertz CT molecular complexity index is 966. The third-order valence-corrected chi connectivity index (χ3v) is 6.36. The van der Waals surface area contributed by atoms with E-state index in [1.165, 1.54) is 0 Å². The van der Waals surface area contributed by atoms with Gasteiger partial charge in [0.1, 0.15) is 5.82 Å². The number of nitrogens with zero attached hydrogens (tertiary/aromatic N) is 1. The molecule has 1 aromatic heterocycles. The summed E-state index contributed by atoms with van der Waals surface area (Å²) >= 11 is 0. The molecule has 1 atom stereocenters. The Morgan fingerprint density at radius 2 is 2.00 bits per heavy atom. The van der Waals surface area contributed by atoms with Crippen LogP contribution in [0, 0.1) is 25.5 Å². The lowest BCUT2D eigenvalue weighted by Gasteiger charge is -2.16. The fraction of sp³-hybridized carbons (Fsp3) is 0.389. The van der Waals surface area contributed by atoms with E-state index in [1.807, 2.05) is 11.5 Å². The monoisotopic (exact) mass is 383 g/mol. The van der Waals surface area contributed by atoms with Gasteiger partial charge in [-0.3, -0.25) is 4.79 Å². The van der Waals surface area contributed by atoms with Gasteiger partial charge in [-0.1, -0.05) is 0 Å². The summed E-state index contributed by atoms with van der Waals surface area (Å²) in [7, 11) is -3.05. The van der Waals surface area contributed by atoms with Crippen LogP contribution in [0.1, 0.15) is 34.2 Å². The first-order chi connectivity index (χ1) is 12.2. The SMILES string of the molecule is Cc1cc(C(=O)COc2ccc(F)cc2F)c(C)n1C1CCS(=O)(=O)C1. The Morgan fingerprint density at radius 3 is 2.62 bits per heavy atom. The lowest BCUT2D eigenvalue weighted by Crippen LogP contribution is -2.16. The number of hydrogen-bond acceptors (Lipinski definition) is 4. The van der Waals surface area contributed by atoms with Crippen molar-refractivity contribution >= 4 is 15.6 Å². The average molecular weight is 383 g/mol. The van der Waals surface area contributed by atoms with Gasteiger partial charge in [0.15, 0.2) is 28.0 Å². The lowest BCUT2D eigenvalue weighted by atomic mass is 10.1. The second-order valence-corrected chi connectivity index (χ2v) is 8.73. The zero-order chi connectivity index (χ0) is 19.1. The molecular weight excluding hydrogens is 364 g/mol. The van der Waals surface area contributed by atoms with E-state index >= 15 is 0 Å². The van der Waals surface area contributed by atoms with Crippen molar-refractivity contribution in [1.82, 2.24) is 4.57 Å². The number of benzene rings is 1.